The van der Waals surface area contributed by atoms with Crippen molar-refractivity contribution in [3.8, 4) is 0 Å². The Morgan fingerprint density at radius 2 is 1.69 bits per heavy atom. The molecular formula is C24H24N2O6. The van der Waals surface area contributed by atoms with Crippen molar-refractivity contribution in [1.29, 1.82) is 0 Å². The van der Waals surface area contributed by atoms with Gasteiger partial charge in [-0.15, -0.1) is 0 Å². The van der Waals surface area contributed by atoms with Gasteiger partial charge in [0.15, 0.2) is 0 Å². The lowest BCUT2D eigenvalue weighted by molar-refractivity contribution is 0.0466. The van der Waals surface area contributed by atoms with E-state index in [4.69, 9.17) is 9.47 Å². The molecule has 0 aromatic heterocycles. The number of alkyl carbamates (subject to hydrolysis) is 1. The van der Waals surface area contributed by atoms with Crippen molar-refractivity contribution < 1.29 is 28.7 Å². The van der Waals surface area contributed by atoms with E-state index < -0.39 is 35.5 Å². The Hall–Kier alpha value is -3.68. The number of carbonyl (C=O) groups excluding carboxylic acids is 4. The Bertz CT molecular complexity index is 1110. The first kappa shape index (κ1) is 21.5. The molecule has 0 saturated heterocycles. The number of rotatable bonds is 4. The summed E-state index contributed by atoms with van der Waals surface area (Å²) >= 11 is 0. The second-order valence-electron chi connectivity index (χ2n) is 8.81. The zero-order valence-corrected chi connectivity index (χ0v) is 18.4. The number of hydrogen-bond donors (Lipinski definition) is 1. The average molecular weight is 436 g/mol. The molecule has 0 saturated carbocycles. The van der Waals surface area contributed by atoms with Crippen LogP contribution in [0, 0.1) is 6.92 Å². The Morgan fingerprint density at radius 3 is 2.28 bits per heavy atom. The fourth-order valence-corrected chi connectivity index (χ4v) is 4.05. The van der Waals surface area contributed by atoms with Crippen molar-refractivity contribution in [2.75, 3.05) is 6.54 Å². The van der Waals surface area contributed by atoms with E-state index in [-0.39, 0.29) is 13.2 Å². The highest BCUT2D eigenvalue weighted by Gasteiger charge is 2.41. The molecule has 1 atom stereocenters. The lowest BCUT2D eigenvalue weighted by Gasteiger charge is -2.29. The quantitative estimate of drug-likeness (QED) is 0.581. The number of fused-ring (bicyclic) bond motifs is 2. The summed E-state index contributed by atoms with van der Waals surface area (Å²) in [5, 5.41) is 2.68. The third kappa shape index (κ3) is 3.72. The van der Waals surface area contributed by atoms with E-state index >= 15 is 0 Å². The first-order chi connectivity index (χ1) is 15.1. The molecule has 0 spiro atoms. The molecule has 3 amide bonds. The van der Waals surface area contributed by atoms with Crippen molar-refractivity contribution in [2.45, 2.75) is 45.9 Å². The first-order valence-corrected chi connectivity index (χ1v) is 10.3. The van der Waals surface area contributed by atoms with E-state index in [0.29, 0.717) is 27.8 Å². The predicted octanol–water partition coefficient (Wildman–Crippen LogP) is 3.53. The molecule has 2 aliphatic rings. The van der Waals surface area contributed by atoms with Gasteiger partial charge in [0.25, 0.3) is 11.8 Å². The van der Waals surface area contributed by atoms with Crippen molar-refractivity contribution in [3.63, 3.8) is 0 Å². The van der Waals surface area contributed by atoms with Crippen LogP contribution in [0.5, 0.6) is 0 Å². The smallest absolute Gasteiger partial charge is 0.407 e. The maximum absolute atomic E-state index is 13.2. The van der Waals surface area contributed by atoms with Crippen molar-refractivity contribution in [2.24, 2.45) is 0 Å². The van der Waals surface area contributed by atoms with Crippen molar-refractivity contribution in [3.05, 3.63) is 69.8 Å². The van der Waals surface area contributed by atoms with Crippen LogP contribution in [0.2, 0.25) is 0 Å². The van der Waals surface area contributed by atoms with E-state index in [2.05, 4.69) is 5.32 Å². The third-order valence-corrected chi connectivity index (χ3v) is 5.54. The molecule has 8 heteroatoms. The largest absolute Gasteiger partial charge is 0.457 e. The van der Waals surface area contributed by atoms with Crippen LogP contribution in [0.1, 0.15) is 74.6 Å². The summed E-state index contributed by atoms with van der Waals surface area (Å²) in [7, 11) is 0. The van der Waals surface area contributed by atoms with E-state index in [0.717, 1.165) is 10.5 Å². The number of benzene rings is 2. The molecule has 166 valence electrons. The maximum atomic E-state index is 13.2. The van der Waals surface area contributed by atoms with Crippen LogP contribution in [0.4, 0.5) is 4.79 Å². The van der Waals surface area contributed by atoms with Gasteiger partial charge in [0.05, 0.1) is 22.7 Å². The summed E-state index contributed by atoms with van der Waals surface area (Å²) in [6, 6.07) is 9.15. The molecule has 4 rings (SSSR count). The van der Waals surface area contributed by atoms with Gasteiger partial charge in [0.2, 0.25) is 0 Å². The Balaban J connectivity index is 1.72. The van der Waals surface area contributed by atoms with Crippen LogP contribution >= 0.6 is 0 Å². The van der Waals surface area contributed by atoms with E-state index in [1.807, 2.05) is 6.92 Å². The van der Waals surface area contributed by atoms with Gasteiger partial charge in [-0.05, 0) is 57.0 Å². The number of ether oxygens (including phenoxy) is 2. The first-order valence-electron chi connectivity index (χ1n) is 10.3. The van der Waals surface area contributed by atoms with E-state index in [1.54, 1.807) is 57.2 Å². The highest BCUT2D eigenvalue weighted by atomic mass is 16.6. The summed E-state index contributed by atoms with van der Waals surface area (Å²) in [4.78, 5) is 51.8. The van der Waals surface area contributed by atoms with Crippen LogP contribution in [0.15, 0.2) is 36.4 Å². The fraction of sp³-hybridized carbons (Fsp3) is 0.333. The lowest BCUT2D eigenvalue weighted by atomic mass is 9.93. The normalized spacial score (nSPS) is 15.9. The molecule has 1 unspecified atom stereocenters. The predicted molar refractivity (Wildman–Crippen MR) is 114 cm³/mol. The van der Waals surface area contributed by atoms with Crippen LogP contribution in [-0.4, -0.2) is 40.9 Å². The summed E-state index contributed by atoms with van der Waals surface area (Å²) in [6.45, 7) is 7.13. The minimum atomic E-state index is -0.795. The Kier molecular flexibility index (Phi) is 5.24. The molecule has 0 bridgehead atoms. The van der Waals surface area contributed by atoms with Gasteiger partial charge in [-0.2, -0.15) is 0 Å². The zero-order chi connectivity index (χ0) is 23.2. The van der Waals surface area contributed by atoms with E-state index in [1.165, 1.54) is 0 Å². The number of nitrogens with zero attached hydrogens (tertiary/aromatic N) is 1. The van der Waals surface area contributed by atoms with Gasteiger partial charge < -0.3 is 14.8 Å². The fourth-order valence-electron chi connectivity index (χ4n) is 4.05. The molecule has 1 N–H and O–H groups in total. The standard InChI is InChI=1S/C24H24N2O6/c1-13-14(9-10-17-18(13)12-31-22(17)29)19(11-25-23(30)32-24(2,3)4)26-20(27)15-7-5-6-8-16(15)21(26)28/h5-10,19H,11-12H2,1-4H3,(H,25,30). The number of cyclic esters (lactones) is 1. The molecule has 32 heavy (non-hydrogen) atoms. The third-order valence-electron chi connectivity index (χ3n) is 5.54. The molecule has 0 radical (unpaired) electrons. The van der Waals surface area contributed by atoms with Gasteiger partial charge in [0.1, 0.15) is 12.2 Å². The number of carbonyl (C=O) groups is 4. The molecular weight excluding hydrogens is 412 g/mol. The average Bonchev–Trinajstić information content (AvgIpc) is 3.22. The maximum Gasteiger partial charge on any atom is 0.407 e. The molecule has 2 aromatic rings. The lowest BCUT2D eigenvalue weighted by Crippen LogP contribution is -2.42. The number of amides is 3. The number of esters is 1. The van der Waals surface area contributed by atoms with Gasteiger partial charge in [-0.3, -0.25) is 14.5 Å². The number of imide groups is 1. The van der Waals surface area contributed by atoms with Crippen LogP contribution < -0.4 is 5.32 Å². The van der Waals surface area contributed by atoms with Crippen LogP contribution in [0.25, 0.3) is 0 Å². The minimum Gasteiger partial charge on any atom is -0.457 e. The van der Waals surface area contributed by atoms with Crippen LogP contribution in [-0.2, 0) is 16.1 Å². The SMILES string of the molecule is Cc1c(C(CNC(=O)OC(C)(C)C)N2C(=O)c3ccccc3C2=O)ccc2c1COC2=O. The Morgan fingerprint density at radius 1 is 1.06 bits per heavy atom. The second kappa shape index (κ2) is 7.78. The van der Waals surface area contributed by atoms with Crippen molar-refractivity contribution in [1.82, 2.24) is 10.2 Å². The van der Waals surface area contributed by atoms with Crippen molar-refractivity contribution >= 4 is 23.9 Å². The summed E-state index contributed by atoms with van der Waals surface area (Å²) in [5.41, 5.74) is 2.50. The highest BCUT2D eigenvalue weighted by molar-refractivity contribution is 6.21. The monoisotopic (exact) mass is 436 g/mol. The molecule has 2 heterocycles. The molecule has 8 nitrogen and oxygen atoms in total. The Labute approximate surface area is 185 Å². The van der Waals surface area contributed by atoms with Gasteiger partial charge in [0, 0.05) is 12.1 Å². The molecule has 0 fully saturated rings. The molecule has 2 aromatic carbocycles. The second-order valence-corrected chi connectivity index (χ2v) is 8.81. The molecule has 0 aliphatic carbocycles. The zero-order valence-electron chi connectivity index (χ0n) is 18.4. The highest BCUT2D eigenvalue weighted by Crippen LogP contribution is 2.35. The molecule has 2 aliphatic heterocycles. The van der Waals surface area contributed by atoms with E-state index in [9.17, 15) is 19.2 Å². The minimum absolute atomic E-state index is 0.0468. The van der Waals surface area contributed by atoms with Gasteiger partial charge in [-0.25, -0.2) is 9.59 Å². The topological polar surface area (TPSA) is 102 Å². The van der Waals surface area contributed by atoms with Gasteiger partial charge in [-0.1, -0.05) is 18.2 Å². The number of nitrogens with one attached hydrogen (secondary N) is 1. The summed E-state index contributed by atoms with van der Waals surface area (Å²) < 4.78 is 10.5. The summed E-state index contributed by atoms with van der Waals surface area (Å²) in [5.74, 6) is -1.28. The van der Waals surface area contributed by atoms with Gasteiger partial charge >= 0.3 is 12.1 Å². The summed E-state index contributed by atoms with van der Waals surface area (Å²) in [6.07, 6.45) is -0.656. The van der Waals surface area contributed by atoms with Crippen LogP contribution in [0.3, 0.4) is 0 Å². The number of hydrogen-bond acceptors (Lipinski definition) is 6.